The van der Waals surface area contributed by atoms with Crippen molar-refractivity contribution < 1.29 is 9.47 Å². The topological polar surface area (TPSA) is 74.1 Å². The van der Waals surface area contributed by atoms with Crippen molar-refractivity contribution in [1.29, 1.82) is 0 Å². The van der Waals surface area contributed by atoms with Gasteiger partial charge in [0.15, 0.2) is 11.5 Å². The van der Waals surface area contributed by atoms with Crippen molar-refractivity contribution in [3.8, 4) is 11.5 Å². The second kappa shape index (κ2) is 9.09. The van der Waals surface area contributed by atoms with Gasteiger partial charge in [-0.3, -0.25) is 0 Å². The van der Waals surface area contributed by atoms with Crippen LogP contribution in [0.5, 0.6) is 11.5 Å². The van der Waals surface area contributed by atoms with Crippen molar-refractivity contribution in [1.82, 2.24) is 25.5 Å². The summed E-state index contributed by atoms with van der Waals surface area (Å²) in [6, 6.07) is 3.93. The Morgan fingerprint density at radius 1 is 1.35 bits per heavy atom. The smallest absolute Gasteiger partial charge is 0.209 e. The first kappa shape index (κ1) is 18.0. The molecule has 0 radical (unpaired) electrons. The molecule has 0 amide bonds. The van der Waals surface area contributed by atoms with Crippen molar-refractivity contribution in [3.63, 3.8) is 0 Å². The molecule has 1 aromatic carbocycles. The Labute approximate surface area is 148 Å². The second-order valence-corrected chi connectivity index (χ2v) is 6.55. The number of rotatable bonds is 9. The molecular weight excluding hydrogens is 382 g/mol. The first-order chi connectivity index (χ1) is 11.2. The number of ether oxygens (including phenoxy) is 2. The van der Waals surface area contributed by atoms with Gasteiger partial charge in [0.2, 0.25) is 5.16 Å². The molecule has 126 valence electrons. The fraction of sp³-hybridized carbons (Fsp3) is 0.500. The molecule has 23 heavy (non-hydrogen) atoms. The normalized spacial score (nSPS) is 10.8. The van der Waals surface area contributed by atoms with E-state index in [1.54, 1.807) is 23.6 Å². The zero-order valence-electron chi connectivity index (χ0n) is 13.4. The van der Waals surface area contributed by atoms with Crippen LogP contribution in [0.3, 0.4) is 0 Å². The van der Waals surface area contributed by atoms with Gasteiger partial charge in [0.05, 0.1) is 13.7 Å². The maximum atomic E-state index is 5.61. The Balaban J connectivity index is 1.85. The molecule has 2 rings (SSSR count). The molecule has 7 nitrogen and oxygen atoms in total. The van der Waals surface area contributed by atoms with Crippen LogP contribution >= 0.6 is 27.7 Å². The molecule has 0 spiro atoms. The van der Waals surface area contributed by atoms with Crippen molar-refractivity contribution in [2.75, 3.05) is 26.0 Å². The van der Waals surface area contributed by atoms with Crippen LogP contribution in [0.4, 0.5) is 0 Å². The summed E-state index contributed by atoms with van der Waals surface area (Å²) in [6.45, 7) is 4.15. The maximum absolute atomic E-state index is 5.61. The number of nitrogens with one attached hydrogen (secondary N) is 1. The molecule has 0 fully saturated rings. The summed E-state index contributed by atoms with van der Waals surface area (Å²) in [5.74, 6) is 2.38. The molecule has 0 saturated carbocycles. The zero-order chi connectivity index (χ0) is 16.7. The lowest BCUT2D eigenvalue weighted by Crippen LogP contribution is -2.17. The van der Waals surface area contributed by atoms with Gasteiger partial charge in [-0.15, -0.1) is 5.10 Å². The monoisotopic (exact) mass is 401 g/mol. The maximum Gasteiger partial charge on any atom is 0.209 e. The lowest BCUT2D eigenvalue weighted by Gasteiger charge is -2.13. The number of benzene rings is 1. The van der Waals surface area contributed by atoms with E-state index in [1.165, 1.54) is 0 Å². The standard InChI is InChI=1S/C14H20BrN5O2S/c1-4-22-13-7-10(11(15)8-12(13)21-3)9-16-5-6-23-14-17-18-19-20(14)2/h7-8,16H,4-6,9H2,1-3H3. The van der Waals surface area contributed by atoms with E-state index in [2.05, 4.69) is 36.8 Å². The van der Waals surface area contributed by atoms with E-state index in [0.717, 1.165) is 45.5 Å². The molecule has 0 aliphatic carbocycles. The van der Waals surface area contributed by atoms with Crippen LogP contribution in [0, 0.1) is 0 Å². The van der Waals surface area contributed by atoms with Crippen LogP contribution in [-0.4, -0.2) is 46.2 Å². The third kappa shape index (κ3) is 5.08. The molecule has 2 aromatic rings. The van der Waals surface area contributed by atoms with Crippen LogP contribution in [0.25, 0.3) is 0 Å². The summed E-state index contributed by atoms with van der Waals surface area (Å²) in [6.07, 6.45) is 0. The van der Waals surface area contributed by atoms with Crippen molar-refractivity contribution >= 4 is 27.7 Å². The molecule has 0 aliphatic heterocycles. The fourth-order valence-electron chi connectivity index (χ4n) is 1.92. The fourth-order valence-corrected chi connectivity index (χ4v) is 3.13. The molecule has 1 aromatic heterocycles. The highest BCUT2D eigenvalue weighted by atomic mass is 79.9. The van der Waals surface area contributed by atoms with E-state index in [-0.39, 0.29) is 0 Å². The highest BCUT2D eigenvalue weighted by molar-refractivity contribution is 9.10. The first-order valence-corrected chi connectivity index (χ1v) is 8.98. The number of aryl methyl sites for hydroxylation is 1. The number of methoxy groups -OCH3 is 1. The van der Waals surface area contributed by atoms with E-state index in [1.807, 2.05) is 26.1 Å². The van der Waals surface area contributed by atoms with Gasteiger partial charge in [0.1, 0.15) is 0 Å². The van der Waals surface area contributed by atoms with Crippen molar-refractivity contribution in [3.05, 3.63) is 22.2 Å². The summed E-state index contributed by atoms with van der Waals surface area (Å²) in [5, 5.41) is 15.6. The van der Waals surface area contributed by atoms with Crippen LogP contribution in [0.2, 0.25) is 0 Å². The molecule has 0 saturated heterocycles. The molecule has 0 unspecified atom stereocenters. The Kier molecular flexibility index (Phi) is 7.13. The average Bonchev–Trinajstić information content (AvgIpc) is 2.95. The van der Waals surface area contributed by atoms with E-state index in [0.29, 0.717) is 6.61 Å². The Morgan fingerprint density at radius 3 is 2.83 bits per heavy atom. The predicted molar refractivity (Wildman–Crippen MR) is 93.1 cm³/mol. The van der Waals surface area contributed by atoms with Gasteiger partial charge in [-0.05, 0) is 35.0 Å². The van der Waals surface area contributed by atoms with Crippen molar-refractivity contribution in [2.24, 2.45) is 7.05 Å². The molecule has 1 N–H and O–H groups in total. The van der Waals surface area contributed by atoms with Crippen LogP contribution in [0.15, 0.2) is 21.8 Å². The third-order valence-corrected chi connectivity index (χ3v) is 4.79. The summed E-state index contributed by atoms with van der Waals surface area (Å²) < 4.78 is 13.6. The van der Waals surface area contributed by atoms with E-state index in [9.17, 15) is 0 Å². The zero-order valence-corrected chi connectivity index (χ0v) is 15.8. The molecular formula is C14H20BrN5O2S. The highest BCUT2D eigenvalue weighted by Crippen LogP contribution is 2.33. The average molecular weight is 402 g/mol. The SMILES string of the molecule is CCOc1cc(CNCCSc2nnnn2C)c(Br)cc1OC. The van der Waals surface area contributed by atoms with Gasteiger partial charge in [0, 0.05) is 30.4 Å². The Hall–Kier alpha value is -1.32. The number of tetrazole rings is 1. The number of nitrogens with zero attached hydrogens (tertiary/aromatic N) is 4. The number of hydrogen-bond acceptors (Lipinski definition) is 7. The highest BCUT2D eigenvalue weighted by Gasteiger charge is 2.10. The van der Waals surface area contributed by atoms with Gasteiger partial charge in [-0.2, -0.15) is 0 Å². The van der Waals surface area contributed by atoms with Gasteiger partial charge >= 0.3 is 0 Å². The summed E-state index contributed by atoms with van der Waals surface area (Å²) in [5.41, 5.74) is 1.12. The number of hydrogen-bond donors (Lipinski definition) is 1. The van der Waals surface area contributed by atoms with E-state index < -0.39 is 0 Å². The van der Waals surface area contributed by atoms with Crippen LogP contribution in [-0.2, 0) is 13.6 Å². The molecule has 0 aliphatic rings. The van der Waals surface area contributed by atoms with Crippen LogP contribution in [0.1, 0.15) is 12.5 Å². The largest absolute Gasteiger partial charge is 0.493 e. The summed E-state index contributed by atoms with van der Waals surface area (Å²) >= 11 is 5.19. The second-order valence-electron chi connectivity index (χ2n) is 4.64. The lowest BCUT2D eigenvalue weighted by molar-refractivity contribution is 0.310. The Bertz CT molecular complexity index is 638. The minimum absolute atomic E-state index is 0.604. The minimum atomic E-state index is 0.604. The summed E-state index contributed by atoms with van der Waals surface area (Å²) in [4.78, 5) is 0. The molecule has 0 atom stereocenters. The van der Waals surface area contributed by atoms with Gasteiger partial charge in [-0.1, -0.05) is 27.7 Å². The first-order valence-electron chi connectivity index (χ1n) is 7.20. The van der Waals surface area contributed by atoms with Crippen molar-refractivity contribution in [2.45, 2.75) is 18.6 Å². The number of halogens is 1. The van der Waals surface area contributed by atoms with Gasteiger partial charge in [-0.25, -0.2) is 4.68 Å². The van der Waals surface area contributed by atoms with Gasteiger partial charge in [0.25, 0.3) is 0 Å². The number of thioether (sulfide) groups is 1. The summed E-state index contributed by atoms with van der Waals surface area (Å²) in [7, 11) is 3.47. The van der Waals surface area contributed by atoms with Crippen LogP contribution < -0.4 is 14.8 Å². The molecule has 9 heteroatoms. The van der Waals surface area contributed by atoms with E-state index >= 15 is 0 Å². The quantitative estimate of drug-likeness (QED) is 0.510. The van der Waals surface area contributed by atoms with Gasteiger partial charge < -0.3 is 14.8 Å². The number of aromatic nitrogens is 4. The lowest BCUT2D eigenvalue weighted by atomic mass is 10.2. The Morgan fingerprint density at radius 2 is 2.17 bits per heavy atom. The van der Waals surface area contributed by atoms with E-state index in [4.69, 9.17) is 9.47 Å². The molecule has 0 bridgehead atoms. The predicted octanol–water partition coefficient (Wildman–Crippen LogP) is 2.26. The minimum Gasteiger partial charge on any atom is -0.493 e. The third-order valence-electron chi connectivity index (χ3n) is 3.04. The molecule has 1 heterocycles.